The zero-order valence-corrected chi connectivity index (χ0v) is 15.9. The van der Waals surface area contributed by atoms with Gasteiger partial charge in [0.05, 0.1) is 24.4 Å². The summed E-state index contributed by atoms with van der Waals surface area (Å²) in [5.41, 5.74) is 4.36. The van der Waals surface area contributed by atoms with Crippen LogP contribution in [0.15, 0.2) is 67.0 Å². The Morgan fingerprint density at radius 1 is 1.15 bits per heavy atom. The van der Waals surface area contributed by atoms with E-state index in [0.717, 1.165) is 17.1 Å². The average Bonchev–Trinajstić information content (AvgIpc) is 3.28. The first kappa shape index (κ1) is 17.7. The van der Waals surface area contributed by atoms with Crippen molar-refractivity contribution in [2.45, 2.75) is 19.0 Å². The van der Waals surface area contributed by atoms with Gasteiger partial charge in [-0.05, 0) is 61.1 Å². The molecule has 3 aromatic rings. The van der Waals surface area contributed by atoms with E-state index in [2.05, 4.69) is 63.2 Å². The van der Waals surface area contributed by atoms with Crippen LogP contribution in [0.3, 0.4) is 0 Å². The molecule has 0 spiro atoms. The number of pyridine rings is 1. The van der Waals surface area contributed by atoms with Crippen LogP contribution in [0.1, 0.15) is 29.0 Å². The molecule has 1 aromatic carbocycles. The van der Waals surface area contributed by atoms with Gasteiger partial charge in [0, 0.05) is 30.3 Å². The van der Waals surface area contributed by atoms with E-state index in [-0.39, 0.29) is 18.7 Å². The molecule has 2 N–H and O–H groups in total. The Labute approximate surface area is 164 Å². The SMILES string of the molecule is Cc1cccc(-n2cccc2[C@H]2[C@H](c3ccccn3)NC(=S)N2CCO)c1. The first-order valence-corrected chi connectivity index (χ1v) is 9.43. The Kier molecular flexibility index (Phi) is 4.92. The van der Waals surface area contributed by atoms with Gasteiger partial charge in [0.2, 0.25) is 0 Å². The van der Waals surface area contributed by atoms with Crippen molar-refractivity contribution in [2.24, 2.45) is 0 Å². The fourth-order valence-corrected chi connectivity index (χ4v) is 4.06. The van der Waals surface area contributed by atoms with Crippen molar-refractivity contribution < 1.29 is 5.11 Å². The number of nitrogens with zero attached hydrogens (tertiary/aromatic N) is 3. The average molecular weight is 379 g/mol. The van der Waals surface area contributed by atoms with E-state index >= 15 is 0 Å². The highest BCUT2D eigenvalue weighted by Crippen LogP contribution is 2.39. The lowest BCUT2D eigenvalue weighted by Crippen LogP contribution is -2.32. The van der Waals surface area contributed by atoms with E-state index in [9.17, 15) is 5.11 Å². The molecule has 0 aliphatic carbocycles. The second kappa shape index (κ2) is 7.50. The number of nitrogens with one attached hydrogen (secondary N) is 1. The minimum atomic E-state index is -0.0799. The normalized spacial score (nSPS) is 19.3. The molecule has 1 saturated heterocycles. The Balaban J connectivity index is 1.81. The molecule has 2 atom stereocenters. The predicted octanol–water partition coefficient (Wildman–Crippen LogP) is 3.15. The van der Waals surface area contributed by atoms with E-state index in [1.807, 2.05) is 24.3 Å². The molecule has 2 aromatic heterocycles. The number of rotatable bonds is 5. The first-order chi connectivity index (χ1) is 13.2. The lowest BCUT2D eigenvalue weighted by molar-refractivity contribution is 0.220. The summed E-state index contributed by atoms with van der Waals surface area (Å²) in [5, 5.41) is 13.6. The molecule has 0 unspecified atom stereocenters. The molecule has 5 nitrogen and oxygen atoms in total. The molecule has 4 rings (SSSR count). The van der Waals surface area contributed by atoms with Gasteiger partial charge in [-0.1, -0.05) is 18.2 Å². The van der Waals surface area contributed by atoms with Gasteiger partial charge >= 0.3 is 0 Å². The summed E-state index contributed by atoms with van der Waals surface area (Å²) in [6.07, 6.45) is 3.86. The van der Waals surface area contributed by atoms with Crippen LogP contribution in [0.2, 0.25) is 0 Å². The fourth-order valence-electron chi connectivity index (χ4n) is 3.72. The lowest BCUT2D eigenvalue weighted by atomic mass is 10.0. The van der Waals surface area contributed by atoms with Crippen molar-refractivity contribution in [3.63, 3.8) is 0 Å². The van der Waals surface area contributed by atoms with Crippen LogP contribution < -0.4 is 5.32 Å². The van der Waals surface area contributed by atoms with E-state index in [4.69, 9.17) is 12.2 Å². The van der Waals surface area contributed by atoms with Gasteiger partial charge < -0.3 is 19.9 Å². The van der Waals surface area contributed by atoms with Crippen LogP contribution in [0.4, 0.5) is 0 Å². The number of benzene rings is 1. The minimum absolute atomic E-state index is 0.0401. The largest absolute Gasteiger partial charge is 0.395 e. The van der Waals surface area contributed by atoms with Gasteiger partial charge in [0.15, 0.2) is 5.11 Å². The molecule has 0 radical (unpaired) electrons. The number of β-amino-alcohol motifs (C(OH)–C–C–N with tert-alkyl or cyclic N) is 1. The van der Waals surface area contributed by atoms with Crippen LogP contribution >= 0.6 is 12.2 Å². The fraction of sp³-hybridized carbons (Fsp3) is 0.238. The zero-order chi connectivity index (χ0) is 18.8. The number of aromatic nitrogens is 2. The maximum absolute atomic E-state index is 9.59. The van der Waals surface area contributed by atoms with Crippen LogP contribution in [0.25, 0.3) is 5.69 Å². The maximum Gasteiger partial charge on any atom is 0.170 e. The summed E-state index contributed by atoms with van der Waals surface area (Å²) < 4.78 is 2.19. The summed E-state index contributed by atoms with van der Waals surface area (Å²) in [6, 6.07) is 18.3. The van der Waals surface area contributed by atoms with Crippen LogP contribution in [0, 0.1) is 6.92 Å². The zero-order valence-electron chi connectivity index (χ0n) is 15.1. The number of aliphatic hydroxyl groups excluding tert-OH is 1. The molecular formula is C21H22N4OS. The third-order valence-electron chi connectivity index (χ3n) is 4.90. The van der Waals surface area contributed by atoms with Crippen molar-refractivity contribution in [1.82, 2.24) is 19.8 Å². The highest BCUT2D eigenvalue weighted by Gasteiger charge is 2.40. The molecule has 3 heterocycles. The molecule has 1 aliphatic heterocycles. The highest BCUT2D eigenvalue weighted by atomic mass is 32.1. The number of hydrogen-bond donors (Lipinski definition) is 2. The minimum Gasteiger partial charge on any atom is -0.395 e. The highest BCUT2D eigenvalue weighted by molar-refractivity contribution is 7.80. The predicted molar refractivity (Wildman–Crippen MR) is 110 cm³/mol. The number of aryl methyl sites for hydroxylation is 1. The van der Waals surface area contributed by atoms with E-state index < -0.39 is 0 Å². The summed E-state index contributed by atoms with van der Waals surface area (Å²) >= 11 is 5.58. The summed E-state index contributed by atoms with van der Waals surface area (Å²) in [6.45, 7) is 2.60. The standard InChI is InChI=1S/C21H22N4OS/c1-15-6-4-7-16(14-15)24-11-5-9-18(24)20-19(17-8-2-3-10-22-17)23-21(27)25(20)12-13-26/h2-11,14,19-20,26H,12-13H2,1H3,(H,23,27)/t19-,20-/m0/s1. The number of hydrogen-bond acceptors (Lipinski definition) is 3. The smallest absolute Gasteiger partial charge is 0.170 e. The third-order valence-corrected chi connectivity index (χ3v) is 5.25. The lowest BCUT2D eigenvalue weighted by Gasteiger charge is -2.28. The van der Waals surface area contributed by atoms with Crippen LogP contribution in [-0.2, 0) is 0 Å². The summed E-state index contributed by atoms with van der Waals surface area (Å²) in [5.74, 6) is 0. The first-order valence-electron chi connectivity index (χ1n) is 9.02. The monoisotopic (exact) mass is 378 g/mol. The Morgan fingerprint density at radius 3 is 2.78 bits per heavy atom. The molecule has 27 heavy (non-hydrogen) atoms. The molecule has 0 bridgehead atoms. The number of aliphatic hydroxyl groups is 1. The Hall–Kier alpha value is -2.70. The molecule has 0 saturated carbocycles. The van der Waals surface area contributed by atoms with Crippen molar-refractivity contribution in [3.8, 4) is 5.69 Å². The molecule has 1 aliphatic rings. The molecular weight excluding hydrogens is 356 g/mol. The van der Waals surface area contributed by atoms with Crippen LogP contribution in [0.5, 0.6) is 0 Å². The summed E-state index contributed by atoms with van der Waals surface area (Å²) in [7, 11) is 0. The Morgan fingerprint density at radius 2 is 2.04 bits per heavy atom. The van der Waals surface area contributed by atoms with Gasteiger partial charge in [0.1, 0.15) is 0 Å². The third kappa shape index (κ3) is 3.34. The second-order valence-electron chi connectivity index (χ2n) is 6.69. The van der Waals surface area contributed by atoms with Crippen molar-refractivity contribution in [3.05, 3.63) is 83.9 Å². The van der Waals surface area contributed by atoms with Gasteiger partial charge in [0.25, 0.3) is 0 Å². The van der Waals surface area contributed by atoms with Crippen molar-refractivity contribution in [2.75, 3.05) is 13.2 Å². The van der Waals surface area contributed by atoms with Gasteiger partial charge in [-0.25, -0.2) is 0 Å². The molecule has 0 amide bonds. The quantitative estimate of drug-likeness (QED) is 0.668. The van der Waals surface area contributed by atoms with E-state index in [1.54, 1.807) is 6.20 Å². The molecule has 1 fully saturated rings. The molecule has 138 valence electrons. The van der Waals surface area contributed by atoms with Gasteiger partial charge in [-0.2, -0.15) is 0 Å². The summed E-state index contributed by atoms with van der Waals surface area (Å²) in [4.78, 5) is 6.60. The van der Waals surface area contributed by atoms with Crippen molar-refractivity contribution >= 4 is 17.3 Å². The Bertz CT molecular complexity index is 940. The van der Waals surface area contributed by atoms with E-state index in [1.165, 1.54) is 5.56 Å². The van der Waals surface area contributed by atoms with Gasteiger partial charge in [-0.3, -0.25) is 4.98 Å². The van der Waals surface area contributed by atoms with Crippen molar-refractivity contribution in [1.29, 1.82) is 0 Å². The van der Waals surface area contributed by atoms with E-state index in [0.29, 0.717) is 11.7 Å². The number of thiocarbonyl (C=S) groups is 1. The van der Waals surface area contributed by atoms with Gasteiger partial charge in [-0.15, -0.1) is 0 Å². The van der Waals surface area contributed by atoms with Crippen LogP contribution in [-0.4, -0.2) is 37.8 Å². The maximum atomic E-state index is 9.59. The topological polar surface area (TPSA) is 53.3 Å². The molecule has 6 heteroatoms. The second-order valence-corrected chi connectivity index (χ2v) is 7.07.